The zero-order chi connectivity index (χ0) is 22.9. The highest BCUT2D eigenvalue weighted by Gasteiger charge is 2.35. The fraction of sp³-hybridized carbons (Fsp3) is 0.364. The molecule has 0 radical (unpaired) electrons. The fourth-order valence-corrected chi connectivity index (χ4v) is 3.97. The van der Waals surface area contributed by atoms with Gasteiger partial charge in [0.15, 0.2) is 0 Å². The van der Waals surface area contributed by atoms with Crippen LogP contribution in [0.4, 0.5) is 19.0 Å². The van der Waals surface area contributed by atoms with Gasteiger partial charge in [-0.2, -0.15) is 5.10 Å². The molecule has 7 nitrogen and oxygen atoms in total. The van der Waals surface area contributed by atoms with E-state index in [-0.39, 0.29) is 55.4 Å². The van der Waals surface area contributed by atoms with Gasteiger partial charge in [-0.25, -0.2) is 18.2 Å². The molecule has 1 aliphatic carbocycles. The number of benzene rings is 1. The molecule has 1 aliphatic rings. The van der Waals surface area contributed by atoms with Crippen molar-refractivity contribution < 1.29 is 13.2 Å². The van der Waals surface area contributed by atoms with Crippen LogP contribution in [0, 0.1) is 11.2 Å². The number of nitrogens with zero attached hydrogens (tertiary/aromatic N) is 3. The molecule has 0 atom stereocenters. The van der Waals surface area contributed by atoms with E-state index in [4.69, 9.17) is 5.41 Å². The predicted octanol–water partition coefficient (Wildman–Crippen LogP) is 3.89. The third-order valence-electron chi connectivity index (χ3n) is 5.65. The van der Waals surface area contributed by atoms with Crippen molar-refractivity contribution in [2.24, 2.45) is 7.05 Å². The van der Waals surface area contributed by atoms with Gasteiger partial charge in [0, 0.05) is 50.3 Å². The normalized spacial score (nSPS) is 16.1. The second-order valence-electron chi connectivity index (χ2n) is 8.07. The lowest BCUT2D eigenvalue weighted by atomic mass is 9.92. The van der Waals surface area contributed by atoms with Crippen molar-refractivity contribution in [3.05, 3.63) is 63.7 Å². The zero-order valence-electron chi connectivity index (χ0n) is 17.5. The van der Waals surface area contributed by atoms with Crippen LogP contribution < -0.4 is 10.9 Å². The van der Waals surface area contributed by atoms with Crippen molar-refractivity contribution in [1.29, 1.82) is 5.41 Å². The molecule has 2 aromatic heterocycles. The minimum atomic E-state index is -2.67. The van der Waals surface area contributed by atoms with Crippen LogP contribution >= 0.6 is 0 Å². The molecule has 0 bridgehead atoms. The molecule has 0 saturated heterocycles. The number of aryl methyl sites for hydroxylation is 1. The molecule has 1 saturated carbocycles. The zero-order valence-corrected chi connectivity index (χ0v) is 17.5. The quantitative estimate of drug-likeness (QED) is 0.503. The molecule has 32 heavy (non-hydrogen) atoms. The second-order valence-corrected chi connectivity index (χ2v) is 8.07. The number of aromatic amines is 1. The molecule has 10 heteroatoms. The summed E-state index contributed by atoms with van der Waals surface area (Å²) in [6, 6.07) is 4.11. The SMILES string of the molecule is Cn1cc(-c2ccc(F)cc2Cc2nc(NC3CCC(F)(F)CC3)c(C=N)c(=O)[nH]2)cn1. The Morgan fingerprint density at radius 3 is 2.75 bits per heavy atom. The van der Waals surface area contributed by atoms with E-state index in [1.165, 1.54) is 12.1 Å². The van der Waals surface area contributed by atoms with Crippen LogP contribution in [0.2, 0.25) is 0 Å². The van der Waals surface area contributed by atoms with Crippen LogP contribution in [0.1, 0.15) is 42.6 Å². The Bertz CT molecular complexity index is 1190. The van der Waals surface area contributed by atoms with Crippen molar-refractivity contribution in [1.82, 2.24) is 19.7 Å². The molecule has 3 N–H and O–H groups in total. The minimum absolute atomic E-state index is 0.0257. The highest BCUT2D eigenvalue weighted by atomic mass is 19.3. The first kappa shape index (κ1) is 21.8. The molecule has 1 fully saturated rings. The van der Waals surface area contributed by atoms with Crippen molar-refractivity contribution in [2.45, 2.75) is 44.1 Å². The summed E-state index contributed by atoms with van der Waals surface area (Å²) in [4.78, 5) is 19.7. The maximum Gasteiger partial charge on any atom is 0.261 e. The van der Waals surface area contributed by atoms with Gasteiger partial charge in [0.1, 0.15) is 17.5 Å². The van der Waals surface area contributed by atoms with Crippen LogP contribution in [-0.4, -0.2) is 37.9 Å². The lowest BCUT2D eigenvalue weighted by Crippen LogP contribution is -2.33. The molecule has 1 aromatic carbocycles. The topological polar surface area (TPSA) is 99.5 Å². The number of anilines is 1. The van der Waals surface area contributed by atoms with E-state index in [0.717, 1.165) is 17.3 Å². The van der Waals surface area contributed by atoms with E-state index >= 15 is 0 Å². The lowest BCUT2D eigenvalue weighted by molar-refractivity contribution is -0.0361. The van der Waals surface area contributed by atoms with E-state index in [9.17, 15) is 18.0 Å². The summed E-state index contributed by atoms with van der Waals surface area (Å²) >= 11 is 0. The average molecular weight is 444 g/mol. The summed E-state index contributed by atoms with van der Waals surface area (Å²) in [5.41, 5.74) is 1.66. The number of aromatic nitrogens is 4. The Labute approximate surface area is 182 Å². The molecule has 0 spiro atoms. The van der Waals surface area contributed by atoms with Crippen molar-refractivity contribution in [2.75, 3.05) is 5.32 Å². The van der Waals surface area contributed by atoms with E-state index in [1.807, 2.05) is 0 Å². The van der Waals surface area contributed by atoms with Crippen LogP contribution in [0.15, 0.2) is 35.4 Å². The van der Waals surface area contributed by atoms with Crippen LogP contribution in [0.25, 0.3) is 11.1 Å². The number of hydrogen-bond acceptors (Lipinski definition) is 5. The van der Waals surface area contributed by atoms with Crippen LogP contribution in [-0.2, 0) is 13.5 Å². The summed E-state index contributed by atoms with van der Waals surface area (Å²) < 4.78 is 42.6. The third kappa shape index (κ3) is 4.74. The average Bonchev–Trinajstić information content (AvgIpc) is 3.16. The van der Waals surface area contributed by atoms with Gasteiger partial charge in [-0.1, -0.05) is 6.07 Å². The van der Waals surface area contributed by atoms with Gasteiger partial charge in [-0.15, -0.1) is 0 Å². The number of H-pyrrole nitrogens is 1. The Balaban J connectivity index is 1.65. The van der Waals surface area contributed by atoms with Crippen molar-refractivity contribution in [3.63, 3.8) is 0 Å². The van der Waals surface area contributed by atoms with Crippen LogP contribution in [0.3, 0.4) is 0 Å². The largest absolute Gasteiger partial charge is 0.367 e. The Kier molecular flexibility index (Phi) is 5.86. The molecule has 3 aromatic rings. The second kappa shape index (κ2) is 8.60. The highest BCUT2D eigenvalue weighted by Crippen LogP contribution is 2.34. The highest BCUT2D eigenvalue weighted by molar-refractivity contribution is 5.83. The van der Waals surface area contributed by atoms with E-state index in [1.54, 1.807) is 30.2 Å². The Morgan fingerprint density at radius 1 is 1.34 bits per heavy atom. The van der Waals surface area contributed by atoms with Crippen molar-refractivity contribution >= 4 is 12.0 Å². The maximum atomic E-state index is 14.0. The van der Waals surface area contributed by atoms with Gasteiger partial charge in [0.05, 0.1) is 11.8 Å². The number of alkyl halides is 2. The summed E-state index contributed by atoms with van der Waals surface area (Å²) in [6.07, 6.45) is 4.49. The van der Waals surface area contributed by atoms with Gasteiger partial charge in [-0.3, -0.25) is 9.48 Å². The third-order valence-corrected chi connectivity index (χ3v) is 5.65. The molecule has 4 rings (SSSR count). The fourth-order valence-electron chi connectivity index (χ4n) is 3.97. The van der Waals surface area contributed by atoms with Gasteiger partial charge >= 0.3 is 0 Å². The van der Waals surface area contributed by atoms with Gasteiger partial charge in [0.2, 0.25) is 5.92 Å². The molecular weight excluding hydrogens is 421 g/mol. The monoisotopic (exact) mass is 444 g/mol. The van der Waals surface area contributed by atoms with E-state index in [0.29, 0.717) is 5.56 Å². The summed E-state index contributed by atoms with van der Waals surface area (Å²) in [6.45, 7) is 0. The number of rotatable bonds is 6. The Morgan fingerprint density at radius 2 is 2.09 bits per heavy atom. The first-order valence-corrected chi connectivity index (χ1v) is 10.3. The maximum absolute atomic E-state index is 14.0. The number of nitrogens with one attached hydrogen (secondary N) is 3. The summed E-state index contributed by atoms with van der Waals surface area (Å²) in [5, 5.41) is 14.8. The van der Waals surface area contributed by atoms with E-state index in [2.05, 4.69) is 20.4 Å². The molecular formula is C22H23F3N6O. The molecule has 0 unspecified atom stereocenters. The summed E-state index contributed by atoms with van der Waals surface area (Å²) in [5.74, 6) is -2.64. The van der Waals surface area contributed by atoms with Gasteiger partial charge in [0.25, 0.3) is 5.56 Å². The molecule has 168 valence electrons. The first-order chi connectivity index (χ1) is 15.2. The lowest BCUT2D eigenvalue weighted by Gasteiger charge is -2.29. The molecule has 0 aliphatic heterocycles. The Hall–Kier alpha value is -3.43. The number of hydrogen-bond donors (Lipinski definition) is 3. The smallest absolute Gasteiger partial charge is 0.261 e. The first-order valence-electron chi connectivity index (χ1n) is 10.3. The standard InChI is InChI=1S/C22H23F3N6O/c1-31-12-14(11-27-31)17-3-2-15(23)8-13(17)9-19-29-20(18(10-26)21(32)30-19)28-16-4-6-22(24,25)7-5-16/h2-3,8,10-12,16,26H,4-7,9H2,1H3,(H2,28,29,30,32). The van der Waals surface area contributed by atoms with Gasteiger partial charge < -0.3 is 15.7 Å². The summed E-state index contributed by atoms with van der Waals surface area (Å²) in [7, 11) is 1.78. The number of halogens is 3. The predicted molar refractivity (Wildman–Crippen MR) is 115 cm³/mol. The van der Waals surface area contributed by atoms with Crippen LogP contribution in [0.5, 0.6) is 0 Å². The molecule has 0 amide bonds. The van der Waals surface area contributed by atoms with E-state index < -0.39 is 17.3 Å². The minimum Gasteiger partial charge on any atom is -0.367 e. The van der Waals surface area contributed by atoms with Gasteiger partial charge in [-0.05, 0) is 36.1 Å². The van der Waals surface area contributed by atoms with Crippen molar-refractivity contribution in [3.8, 4) is 11.1 Å². The molecule has 2 heterocycles.